The van der Waals surface area contributed by atoms with Gasteiger partial charge in [0, 0.05) is 21.3 Å². The van der Waals surface area contributed by atoms with E-state index in [-0.39, 0.29) is 21.7 Å². The Hall–Kier alpha value is -0.950. The molecular formula is C16H13BrClNO2S2. The van der Waals surface area contributed by atoms with Crippen molar-refractivity contribution in [3.63, 3.8) is 0 Å². The Kier molecular flexibility index (Phi) is 4.53. The van der Waals surface area contributed by atoms with E-state index in [0.29, 0.717) is 5.02 Å². The van der Waals surface area contributed by atoms with E-state index in [2.05, 4.69) is 15.9 Å². The minimum atomic E-state index is -3.52. The van der Waals surface area contributed by atoms with E-state index in [1.54, 1.807) is 12.1 Å². The first-order valence-electron chi connectivity index (χ1n) is 6.86. The molecule has 0 spiro atoms. The number of rotatable bonds is 4. The van der Waals surface area contributed by atoms with Crippen molar-refractivity contribution >= 4 is 54.6 Å². The summed E-state index contributed by atoms with van der Waals surface area (Å²) in [6.07, 6.45) is 0. The number of halogens is 2. The Balaban J connectivity index is 1.98. The number of hydrogen-bond donors (Lipinski definition) is 1. The van der Waals surface area contributed by atoms with E-state index >= 15 is 0 Å². The maximum absolute atomic E-state index is 12.9. The second-order valence-electron chi connectivity index (χ2n) is 5.47. The van der Waals surface area contributed by atoms with Crippen LogP contribution in [0.4, 0.5) is 0 Å². The molecule has 0 heterocycles. The monoisotopic (exact) mass is 429 g/mol. The fraction of sp³-hybridized carbons (Fsp3) is 0.188. The zero-order valence-corrected chi connectivity index (χ0v) is 15.8. The highest BCUT2D eigenvalue weighted by Crippen LogP contribution is 2.54. The fourth-order valence-electron chi connectivity index (χ4n) is 2.87. The third-order valence-corrected chi connectivity index (χ3v) is 7.32. The molecule has 2 aromatic rings. The molecule has 0 aliphatic heterocycles. The van der Waals surface area contributed by atoms with Crippen LogP contribution in [0.15, 0.2) is 57.9 Å². The summed E-state index contributed by atoms with van der Waals surface area (Å²) >= 11 is 14.3. The van der Waals surface area contributed by atoms with Gasteiger partial charge in [0.05, 0.1) is 15.1 Å². The van der Waals surface area contributed by atoms with Gasteiger partial charge in [0.2, 0.25) is 0 Å². The summed E-state index contributed by atoms with van der Waals surface area (Å²) in [5.41, 5.74) is 6.71. The molecule has 7 heteroatoms. The van der Waals surface area contributed by atoms with Gasteiger partial charge in [0.15, 0.2) is 9.84 Å². The molecule has 3 rings (SSSR count). The third-order valence-electron chi connectivity index (χ3n) is 4.04. The Bertz CT molecular complexity index is 851. The molecular weight excluding hydrogens is 418 g/mol. The summed E-state index contributed by atoms with van der Waals surface area (Å²) in [4.78, 5) is 0.480. The summed E-state index contributed by atoms with van der Waals surface area (Å²) in [7, 11) is -3.52. The first-order valence-corrected chi connectivity index (χ1v) is 9.99. The van der Waals surface area contributed by atoms with Gasteiger partial charge in [-0.05, 0) is 42.0 Å². The van der Waals surface area contributed by atoms with Gasteiger partial charge in [-0.3, -0.25) is 0 Å². The van der Waals surface area contributed by atoms with Gasteiger partial charge >= 0.3 is 0 Å². The molecule has 3 nitrogen and oxygen atoms in total. The van der Waals surface area contributed by atoms with Crippen LogP contribution in [-0.4, -0.2) is 18.7 Å². The standard InChI is InChI=1S/C16H13BrClNO2S2/c17-10-3-1-9(2-4-10)13-14(16(19)22)15(13)23(20,21)12-7-5-11(18)6-8-12/h1-8,13-15H,(H2,19,22)/t13-,14-,15-/m0/s1. The largest absolute Gasteiger partial charge is 0.393 e. The molecule has 0 amide bonds. The Morgan fingerprint density at radius 1 is 1.09 bits per heavy atom. The van der Waals surface area contributed by atoms with E-state index in [0.717, 1.165) is 10.0 Å². The van der Waals surface area contributed by atoms with Crippen LogP contribution in [0.1, 0.15) is 11.5 Å². The topological polar surface area (TPSA) is 60.2 Å². The van der Waals surface area contributed by atoms with Crippen molar-refractivity contribution in [2.45, 2.75) is 16.1 Å². The highest BCUT2D eigenvalue weighted by Gasteiger charge is 2.60. The van der Waals surface area contributed by atoms with Crippen molar-refractivity contribution in [2.24, 2.45) is 11.7 Å². The maximum Gasteiger partial charge on any atom is 0.182 e. The fourth-order valence-corrected chi connectivity index (χ4v) is 5.79. The molecule has 1 fully saturated rings. The molecule has 0 radical (unpaired) electrons. The van der Waals surface area contributed by atoms with Gasteiger partial charge in [0.1, 0.15) is 0 Å². The highest BCUT2D eigenvalue weighted by atomic mass is 79.9. The van der Waals surface area contributed by atoms with Crippen molar-refractivity contribution < 1.29 is 8.42 Å². The molecule has 0 saturated heterocycles. The van der Waals surface area contributed by atoms with Crippen LogP contribution in [0.3, 0.4) is 0 Å². The minimum absolute atomic E-state index is 0.207. The van der Waals surface area contributed by atoms with Crippen LogP contribution < -0.4 is 5.73 Å². The van der Waals surface area contributed by atoms with Gasteiger partial charge in [-0.25, -0.2) is 8.42 Å². The molecule has 3 atom stereocenters. The lowest BCUT2D eigenvalue weighted by Crippen LogP contribution is -2.17. The number of hydrogen-bond acceptors (Lipinski definition) is 3. The van der Waals surface area contributed by atoms with Crippen molar-refractivity contribution in [3.05, 3.63) is 63.6 Å². The number of sulfone groups is 1. The van der Waals surface area contributed by atoms with Crippen molar-refractivity contribution in [1.29, 1.82) is 0 Å². The lowest BCUT2D eigenvalue weighted by Gasteiger charge is -2.04. The van der Waals surface area contributed by atoms with Gasteiger partial charge in [0.25, 0.3) is 0 Å². The Morgan fingerprint density at radius 3 is 2.17 bits per heavy atom. The summed E-state index contributed by atoms with van der Waals surface area (Å²) in [5.74, 6) is -0.548. The first kappa shape index (κ1) is 16.9. The van der Waals surface area contributed by atoms with E-state index in [1.807, 2.05) is 24.3 Å². The summed E-state index contributed by atoms with van der Waals surface area (Å²) in [6, 6.07) is 13.8. The van der Waals surface area contributed by atoms with Gasteiger partial charge < -0.3 is 5.73 Å². The van der Waals surface area contributed by atoms with Crippen LogP contribution in [0, 0.1) is 5.92 Å². The Labute approximate surface area is 153 Å². The van der Waals surface area contributed by atoms with Crippen LogP contribution in [0.5, 0.6) is 0 Å². The SMILES string of the molecule is NC(=S)[C@H]1[C@H](c2ccc(Br)cc2)[C@@H]1S(=O)(=O)c1ccc(Cl)cc1. The molecule has 2 aromatic carbocycles. The zero-order chi connectivity index (χ0) is 16.8. The molecule has 1 aliphatic rings. The summed E-state index contributed by atoms with van der Waals surface area (Å²) in [5, 5.41) is -0.127. The average molecular weight is 431 g/mol. The quantitative estimate of drug-likeness (QED) is 0.746. The molecule has 2 N–H and O–H groups in total. The first-order chi connectivity index (χ1) is 10.8. The van der Waals surface area contributed by atoms with Gasteiger partial charge in [-0.2, -0.15) is 0 Å². The van der Waals surface area contributed by atoms with Crippen LogP contribution in [0.2, 0.25) is 5.02 Å². The van der Waals surface area contributed by atoms with Crippen molar-refractivity contribution in [1.82, 2.24) is 0 Å². The lowest BCUT2D eigenvalue weighted by molar-refractivity contribution is 0.593. The summed E-state index contributed by atoms with van der Waals surface area (Å²) < 4.78 is 26.7. The van der Waals surface area contributed by atoms with Gasteiger partial charge in [-0.15, -0.1) is 0 Å². The van der Waals surface area contributed by atoms with Gasteiger partial charge in [-0.1, -0.05) is 51.9 Å². The summed E-state index contributed by atoms with van der Waals surface area (Å²) in [6.45, 7) is 0. The second-order valence-corrected chi connectivity index (χ2v) is 9.40. The van der Waals surface area contributed by atoms with E-state index in [9.17, 15) is 8.42 Å². The molecule has 23 heavy (non-hydrogen) atoms. The molecule has 1 saturated carbocycles. The maximum atomic E-state index is 12.9. The predicted octanol–water partition coefficient (Wildman–Crippen LogP) is 3.94. The van der Waals surface area contributed by atoms with Crippen LogP contribution >= 0.6 is 39.7 Å². The van der Waals surface area contributed by atoms with Crippen LogP contribution in [0.25, 0.3) is 0 Å². The molecule has 1 aliphatic carbocycles. The zero-order valence-electron chi connectivity index (χ0n) is 11.8. The Morgan fingerprint density at radius 2 is 1.65 bits per heavy atom. The van der Waals surface area contributed by atoms with Crippen molar-refractivity contribution in [3.8, 4) is 0 Å². The number of thiocarbonyl (C=S) groups is 1. The number of benzene rings is 2. The van der Waals surface area contributed by atoms with E-state index in [1.165, 1.54) is 12.1 Å². The average Bonchev–Trinajstić information content (AvgIpc) is 3.25. The molecule has 0 unspecified atom stereocenters. The van der Waals surface area contributed by atoms with E-state index in [4.69, 9.17) is 29.6 Å². The second kappa shape index (κ2) is 6.16. The third kappa shape index (κ3) is 3.18. The molecule has 0 bridgehead atoms. The van der Waals surface area contributed by atoms with E-state index < -0.39 is 15.1 Å². The highest BCUT2D eigenvalue weighted by molar-refractivity contribution is 9.10. The minimum Gasteiger partial charge on any atom is -0.393 e. The van der Waals surface area contributed by atoms with Crippen molar-refractivity contribution in [2.75, 3.05) is 0 Å². The number of nitrogens with two attached hydrogens (primary N) is 1. The smallest absolute Gasteiger partial charge is 0.182 e. The van der Waals surface area contributed by atoms with Crippen LogP contribution in [-0.2, 0) is 9.84 Å². The predicted molar refractivity (Wildman–Crippen MR) is 99.6 cm³/mol. The molecule has 120 valence electrons. The normalized spacial score (nSPS) is 23.5. The lowest BCUT2D eigenvalue weighted by atomic mass is 10.1. The molecule has 0 aromatic heterocycles.